The summed E-state index contributed by atoms with van der Waals surface area (Å²) >= 11 is 0. The average Bonchev–Trinajstić information content (AvgIpc) is 3.34. The van der Waals surface area contributed by atoms with Gasteiger partial charge in [0.25, 0.3) is 0 Å². The summed E-state index contributed by atoms with van der Waals surface area (Å²) in [6.07, 6.45) is -0.805. The summed E-state index contributed by atoms with van der Waals surface area (Å²) in [6, 6.07) is 9.98. The highest BCUT2D eigenvalue weighted by Gasteiger charge is 2.31. The van der Waals surface area contributed by atoms with Crippen molar-refractivity contribution in [3.05, 3.63) is 60.2 Å². The zero-order valence-electron chi connectivity index (χ0n) is 18.0. The number of ether oxygens (including phenoxy) is 1. The van der Waals surface area contributed by atoms with Crippen LogP contribution in [0.25, 0.3) is 33.1 Å². The summed E-state index contributed by atoms with van der Waals surface area (Å²) in [7, 11) is 0. The molecule has 5 aromatic rings. The van der Waals surface area contributed by atoms with E-state index < -0.39 is 6.36 Å². The molecule has 11 heteroatoms. The maximum absolute atomic E-state index is 12.5. The van der Waals surface area contributed by atoms with Crippen LogP contribution in [0.2, 0.25) is 0 Å². The predicted molar refractivity (Wildman–Crippen MR) is 123 cm³/mol. The van der Waals surface area contributed by atoms with Gasteiger partial charge in [0.1, 0.15) is 17.4 Å². The Morgan fingerprint density at radius 3 is 2.71 bits per heavy atom. The summed E-state index contributed by atoms with van der Waals surface area (Å²) in [6.45, 7) is 2.34. The number of anilines is 2. The Morgan fingerprint density at radius 2 is 1.91 bits per heavy atom. The van der Waals surface area contributed by atoms with Crippen molar-refractivity contribution in [3.8, 4) is 16.9 Å². The Morgan fingerprint density at radius 1 is 1.09 bits per heavy atom. The fourth-order valence-corrected chi connectivity index (χ4v) is 3.87. The summed E-state index contributed by atoms with van der Waals surface area (Å²) in [5.41, 5.74) is 11.1. The van der Waals surface area contributed by atoms with E-state index in [0.29, 0.717) is 35.7 Å². The number of halogens is 3. The molecule has 0 aliphatic rings. The number of fused-ring (bicyclic) bond motifs is 2. The third-order valence-corrected chi connectivity index (χ3v) is 5.38. The highest BCUT2D eigenvalue weighted by molar-refractivity contribution is 5.85. The van der Waals surface area contributed by atoms with E-state index in [2.05, 4.69) is 35.0 Å². The molecule has 174 valence electrons. The van der Waals surface area contributed by atoms with Crippen molar-refractivity contribution in [1.29, 1.82) is 0 Å². The molecule has 2 aromatic carbocycles. The van der Waals surface area contributed by atoms with Crippen LogP contribution >= 0.6 is 0 Å². The first kappa shape index (κ1) is 21.6. The first-order valence-electron chi connectivity index (χ1n) is 10.4. The van der Waals surface area contributed by atoms with Gasteiger partial charge < -0.3 is 25.8 Å². The van der Waals surface area contributed by atoms with Crippen LogP contribution in [0.1, 0.15) is 11.4 Å². The predicted octanol–water partition coefficient (Wildman–Crippen LogP) is 4.95. The zero-order chi connectivity index (χ0) is 23.9. The summed E-state index contributed by atoms with van der Waals surface area (Å²) in [5.74, 6) is 1.25. The van der Waals surface area contributed by atoms with Gasteiger partial charge in [0.15, 0.2) is 0 Å². The van der Waals surface area contributed by atoms with Crippen molar-refractivity contribution in [2.75, 3.05) is 17.6 Å². The number of hydrogen-bond donors (Lipinski definition) is 4. The van der Waals surface area contributed by atoms with Crippen LogP contribution in [0.4, 0.5) is 24.9 Å². The standard InChI is InChI=1S/C23H20F3N7O/c1-12-31-19-4-2-13(8-20(19)32-12)17-11-30-22(33-21(17)27)28-7-6-14-10-29-18-5-3-15(9-16(14)18)34-23(24,25)26/h2-5,8-11,29H,6-7H2,1H3,(H,31,32)(H3,27,28,30,33). The van der Waals surface area contributed by atoms with E-state index in [0.717, 1.165) is 33.5 Å². The molecular formula is C23H20F3N7O. The monoisotopic (exact) mass is 467 g/mol. The molecule has 5 rings (SSSR count). The molecule has 0 unspecified atom stereocenters. The van der Waals surface area contributed by atoms with Gasteiger partial charge in [0.2, 0.25) is 5.95 Å². The molecule has 3 heterocycles. The Kier molecular flexibility index (Phi) is 5.23. The number of H-pyrrole nitrogens is 2. The van der Waals surface area contributed by atoms with Crippen LogP contribution in [0.5, 0.6) is 5.75 Å². The maximum Gasteiger partial charge on any atom is 0.573 e. The van der Waals surface area contributed by atoms with Crippen LogP contribution < -0.4 is 15.8 Å². The molecule has 34 heavy (non-hydrogen) atoms. The summed E-state index contributed by atoms with van der Waals surface area (Å²) in [5, 5.41) is 3.76. The van der Waals surface area contributed by atoms with Crippen LogP contribution in [0.15, 0.2) is 48.8 Å². The second-order valence-electron chi connectivity index (χ2n) is 7.79. The van der Waals surface area contributed by atoms with E-state index >= 15 is 0 Å². The van der Waals surface area contributed by atoms with E-state index in [9.17, 15) is 13.2 Å². The molecule has 3 aromatic heterocycles. The molecule has 0 fully saturated rings. The number of aromatic amines is 2. The number of alkyl halides is 3. The Labute approximate surface area is 191 Å². The number of benzene rings is 2. The maximum atomic E-state index is 12.5. The lowest BCUT2D eigenvalue weighted by Gasteiger charge is -2.10. The highest BCUT2D eigenvalue weighted by Crippen LogP contribution is 2.29. The summed E-state index contributed by atoms with van der Waals surface area (Å²) in [4.78, 5) is 19.4. The van der Waals surface area contributed by atoms with Crippen LogP contribution in [0.3, 0.4) is 0 Å². The topological polar surface area (TPSA) is 118 Å². The van der Waals surface area contributed by atoms with Gasteiger partial charge in [-0.3, -0.25) is 0 Å². The van der Waals surface area contributed by atoms with Crippen LogP contribution in [-0.4, -0.2) is 37.8 Å². The number of nitrogens with two attached hydrogens (primary N) is 1. The lowest BCUT2D eigenvalue weighted by atomic mass is 10.1. The van der Waals surface area contributed by atoms with Crippen molar-refractivity contribution in [3.63, 3.8) is 0 Å². The second kappa shape index (κ2) is 8.25. The number of hydrogen-bond acceptors (Lipinski definition) is 6. The van der Waals surface area contributed by atoms with Gasteiger partial charge in [-0.05, 0) is 54.8 Å². The molecule has 0 saturated carbocycles. The molecule has 0 aliphatic carbocycles. The van der Waals surface area contributed by atoms with Gasteiger partial charge in [-0.2, -0.15) is 4.98 Å². The number of nitrogens with one attached hydrogen (secondary N) is 3. The smallest absolute Gasteiger partial charge is 0.406 e. The number of aromatic nitrogens is 5. The number of rotatable bonds is 6. The molecule has 0 spiro atoms. The molecule has 0 aliphatic heterocycles. The minimum Gasteiger partial charge on any atom is -0.406 e. The summed E-state index contributed by atoms with van der Waals surface area (Å²) < 4.78 is 41.6. The van der Waals surface area contributed by atoms with Gasteiger partial charge in [-0.1, -0.05) is 6.07 Å². The fourth-order valence-electron chi connectivity index (χ4n) is 3.87. The van der Waals surface area contributed by atoms with Gasteiger partial charge in [0, 0.05) is 35.4 Å². The van der Waals surface area contributed by atoms with Crippen molar-refractivity contribution < 1.29 is 17.9 Å². The fraction of sp³-hybridized carbons (Fsp3) is 0.174. The lowest BCUT2D eigenvalue weighted by Crippen LogP contribution is -2.17. The number of aryl methyl sites for hydroxylation is 1. The zero-order valence-corrected chi connectivity index (χ0v) is 18.0. The Balaban J connectivity index is 1.28. The number of imidazole rings is 1. The van der Waals surface area contributed by atoms with Crippen LogP contribution in [-0.2, 0) is 6.42 Å². The lowest BCUT2D eigenvalue weighted by molar-refractivity contribution is -0.274. The second-order valence-corrected chi connectivity index (χ2v) is 7.79. The molecule has 8 nitrogen and oxygen atoms in total. The quantitative estimate of drug-likeness (QED) is 0.281. The molecule has 0 bridgehead atoms. The normalized spacial score (nSPS) is 11.9. The molecule has 0 radical (unpaired) electrons. The minimum absolute atomic E-state index is 0.260. The van der Waals surface area contributed by atoms with E-state index in [1.54, 1.807) is 18.5 Å². The van der Waals surface area contributed by atoms with Crippen molar-refractivity contribution in [2.24, 2.45) is 0 Å². The Bertz CT molecular complexity index is 1490. The van der Waals surface area contributed by atoms with Crippen molar-refractivity contribution in [2.45, 2.75) is 19.7 Å². The molecule has 0 atom stereocenters. The van der Waals surface area contributed by atoms with Gasteiger partial charge in [-0.15, -0.1) is 13.2 Å². The molecule has 5 N–H and O–H groups in total. The SMILES string of the molecule is Cc1nc2cc(-c3cnc(NCCc4c[nH]c5ccc(OC(F)(F)F)cc45)nc3N)ccc2[nH]1. The molecular weight excluding hydrogens is 447 g/mol. The van der Waals surface area contributed by atoms with Gasteiger partial charge in [-0.25, -0.2) is 9.97 Å². The van der Waals surface area contributed by atoms with Crippen LogP contribution in [0, 0.1) is 6.92 Å². The average molecular weight is 467 g/mol. The highest BCUT2D eigenvalue weighted by atomic mass is 19.4. The van der Waals surface area contributed by atoms with Crippen molar-refractivity contribution >= 4 is 33.7 Å². The molecule has 0 saturated heterocycles. The van der Waals surface area contributed by atoms with Crippen molar-refractivity contribution in [1.82, 2.24) is 24.9 Å². The first-order valence-corrected chi connectivity index (χ1v) is 10.4. The largest absolute Gasteiger partial charge is 0.573 e. The van der Waals surface area contributed by atoms with E-state index in [4.69, 9.17) is 5.73 Å². The third-order valence-electron chi connectivity index (χ3n) is 5.38. The number of nitrogens with zero attached hydrogens (tertiary/aromatic N) is 3. The molecule has 0 amide bonds. The van der Waals surface area contributed by atoms with E-state index in [-0.39, 0.29) is 5.75 Å². The Hall–Kier alpha value is -4.28. The van der Waals surface area contributed by atoms with E-state index in [1.165, 1.54) is 12.1 Å². The number of nitrogen functional groups attached to an aromatic ring is 1. The third kappa shape index (κ3) is 4.45. The van der Waals surface area contributed by atoms with Gasteiger partial charge in [0.05, 0.1) is 11.0 Å². The van der Waals surface area contributed by atoms with E-state index in [1.807, 2.05) is 25.1 Å². The first-order chi connectivity index (χ1) is 16.2. The minimum atomic E-state index is -4.74. The van der Waals surface area contributed by atoms with Gasteiger partial charge >= 0.3 is 6.36 Å².